The van der Waals surface area contributed by atoms with Crippen molar-refractivity contribution in [2.24, 2.45) is 0 Å². The van der Waals surface area contributed by atoms with Crippen LogP contribution >= 0.6 is 0 Å². The van der Waals surface area contributed by atoms with Crippen molar-refractivity contribution in [2.75, 3.05) is 33.2 Å². The maximum Gasteiger partial charge on any atom is 0.169 e. The molecule has 114 valence electrons. The number of carboxylic acids is 1. The van der Waals surface area contributed by atoms with E-state index in [1.165, 1.54) is 29.2 Å². The molecule has 1 saturated heterocycles. The van der Waals surface area contributed by atoms with Crippen LogP contribution in [0.4, 0.5) is 4.39 Å². The number of halogens is 1. The molecular weight excluding hydrogens is 275 g/mol. The van der Waals surface area contributed by atoms with E-state index in [2.05, 4.69) is 7.05 Å². The molecular formula is C15H20FN2O3+. The quantitative estimate of drug-likeness (QED) is 0.567. The molecule has 0 spiro atoms. The minimum absolute atomic E-state index is 0.109. The molecule has 21 heavy (non-hydrogen) atoms. The number of quaternary nitrogens is 2. The van der Waals surface area contributed by atoms with Crippen LogP contribution in [0.15, 0.2) is 24.3 Å². The van der Waals surface area contributed by atoms with E-state index in [-0.39, 0.29) is 12.2 Å². The summed E-state index contributed by atoms with van der Waals surface area (Å²) in [7, 11) is 2.06. The summed E-state index contributed by atoms with van der Waals surface area (Å²) >= 11 is 0. The van der Waals surface area contributed by atoms with Crippen molar-refractivity contribution in [3.05, 3.63) is 35.6 Å². The topological polar surface area (TPSA) is 66.1 Å². The first-order valence-corrected chi connectivity index (χ1v) is 7.13. The van der Waals surface area contributed by atoms with E-state index in [0.717, 1.165) is 18.0 Å². The monoisotopic (exact) mass is 295 g/mol. The third kappa shape index (κ3) is 4.09. The molecule has 1 aliphatic rings. The molecule has 6 heteroatoms. The number of ketones is 1. The van der Waals surface area contributed by atoms with Gasteiger partial charge in [-0.2, -0.15) is 0 Å². The third-order valence-corrected chi connectivity index (χ3v) is 4.08. The molecule has 0 aliphatic carbocycles. The predicted molar refractivity (Wildman–Crippen MR) is 71.5 cm³/mol. The second-order valence-corrected chi connectivity index (χ2v) is 5.62. The number of Topliss-reactive ketones (excluding diaryl/α,β-unsaturated/α-hetero) is 1. The molecule has 5 nitrogen and oxygen atoms in total. The average molecular weight is 295 g/mol. The molecule has 0 bridgehead atoms. The number of hydrogen-bond donors (Lipinski definition) is 2. The molecule has 2 rings (SSSR count). The maximum absolute atomic E-state index is 12.8. The van der Waals surface area contributed by atoms with Crippen LogP contribution in [0.1, 0.15) is 16.8 Å². The Balaban J connectivity index is 2.04. The van der Waals surface area contributed by atoms with Gasteiger partial charge in [-0.25, -0.2) is 4.39 Å². The Morgan fingerprint density at radius 2 is 1.76 bits per heavy atom. The molecule has 1 aliphatic heterocycles. The van der Waals surface area contributed by atoms with Crippen molar-refractivity contribution in [3.8, 4) is 0 Å². The van der Waals surface area contributed by atoms with Gasteiger partial charge in [-0.3, -0.25) is 4.79 Å². The number of likely N-dealkylation sites (N-methyl/N-ethyl adjacent to an activating group) is 1. The summed E-state index contributed by atoms with van der Waals surface area (Å²) < 4.78 is 12.8. The third-order valence-electron chi connectivity index (χ3n) is 4.08. The molecule has 2 N–H and O–H groups in total. The van der Waals surface area contributed by atoms with Gasteiger partial charge < -0.3 is 19.7 Å². The van der Waals surface area contributed by atoms with Crippen molar-refractivity contribution in [1.29, 1.82) is 0 Å². The minimum Gasteiger partial charge on any atom is -0.544 e. The number of piperazine rings is 1. The highest BCUT2D eigenvalue weighted by atomic mass is 19.1. The number of nitrogens with one attached hydrogen (secondary N) is 2. The number of hydrogen-bond acceptors (Lipinski definition) is 3. The Bertz CT molecular complexity index is 510. The van der Waals surface area contributed by atoms with Gasteiger partial charge in [0.1, 0.15) is 38.0 Å². The normalized spacial score (nSPS) is 23.5. The van der Waals surface area contributed by atoms with E-state index in [1.807, 2.05) is 0 Å². The average Bonchev–Trinajstić information content (AvgIpc) is 2.46. The van der Waals surface area contributed by atoms with E-state index < -0.39 is 17.8 Å². The zero-order chi connectivity index (χ0) is 15.4. The van der Waals surface area contributed by atoms with Crippen molar-refractivity contribution >= 4 is 11.8 Å². The van der Waals surface area contributed by atoms with Gasteiger partial charge in [0.05, 0.1) is 19.4 Å². The van der Waals surface area contributed by atoms with Crippen LogP contribution in [0.25, 0.3) is 0 Å². The fourth-order valence-corrected chi connectivity index (χ4v) is 2.68. The molecule has 0 unspecified atom stereocenters. The van der Waals surface area contributed by atoms with Gasteiger partial charge in [0.25, 0.3) is 0 Å². The van der Waals surface area contributed by atoms with E-state index in [1.54, 1.807) is 0 Å². The first kappa shape index (κ1) is 15.6. The smallest absolute Gasteiger partial charge is 0.169 e. The van der Waals surface area contributed by atoms with Crippen LogP contribution in [0.3, 0.4) is 0 Å². The summed E-state index contributed by atoms with van der Waals surface area (Å²) in [6, 6.07) is 4.33. The first-order chi connectivity index (χ1) is 9.97. The molecule has 0 amide bonds. The highest BCUT2D eigenvalue weighted by molar-refractivity contribution is 5.98. The summed E-state index contributed by atoms with van der Waals surface area (Å²) in [5, 5.41) is 11.4. The highest BCUT2D eigenvalue weighted by Crippen LogP contribution is 2.06. The summed E-state index contributed by atoms with van der Waals surface area (Å²) in [5.74, 6) is -1.90. The number of carbonyl (C=O) groups excluding carboxylic acids is 2. The van der Waals surface area contributed by atoms with E-state index >= 15 is 0 Å². The van der Waals surface area contributed by atoms with Gasteiger partial charge >= 0.3 is 0 Å². The number of aliphatic carboxylic acids is 1. The molecule has 1 aromatic rings. The first-order valence-electron chi connectivity index (χ1n) is 7.13. The molecule has 0 aromatic heterocycles. The van der Waals surface area contributed by atoms with Gasteiger partial charge in [-0.15, -0.1) is 0 Å². The SMILES string of the molecule is C[NH+]1CC[NH+]([C@H](CC(=O)c2ccc(F)cc2)C(=O)[O-])CC1. The van der Waals surface area contributed by atoms with Crippen LogP contribution in [0, 0.1) is 5.82 Å². The minimum atomic E-state index is -1.19. The van der Waals surface area contributed by atoms with Gasteiger partial charge in [0.15, 0.2) is 5.78 Å². The standard InChI is InChI=1S/C15H19FN2O3/c1-17-6-8-18(9-7-17)13(15(20)21)10-14(19)11-2-4-12(16)5-3-11/h2-5,13H,6-10H2,1H3,(H,20,21)/p+1/t13-/m1/s1. The zero-order valence-corrected chi connectivity index (χ0v) is 12.0. The number of benzene rings is 1. The molecule has 1 heterocycles. The lowest BCUT2D eigenvalue weighted by Crippen LogP contribution is -3.29. The van der Waals surface area contributed by atoms with E-state index in [9.17, 15) is 19.1 Å². The summed E-state index contributed by atoms with van der Waals surface area (Å²) in [5.41, 5.74) is 0.335. The fourth-order valence-electron chi connectivity index (χ4n) is 2.68. The Morgan fingerprint density at radius 1 is 1.19 bits per heavy atom. The van der Waals surface area contributed by atoms with Crippen molar-refractivity contribution in [1.82, 2.24) is 0 Å². The lowest BCUT2D eigenvalue weighted by Gasteiger charge is -2.33. The van der Waals surface area contributed by atoms with Gasteiger partial charge in [-0.1, -0.05) is 0 Å². The second kappa shape index (κ2) is 6.78. The van der Waals surface area contributed by atoms with Gasteiger partial charge in [0, 0.05) is 5.56 Å². The van der Waals surface area contributed by atoms with E-state index in [0.29, 0.717) is 18.7 Å². The lowest BCUT2D eigenvalue weighted by molar-refractivity contribution is -1.01. The molecule has 1 atom stereocenters. The Morgan fingerprint density at radius 3 is 2.29 bits per heavy atom. The summed E-state index contributed by atoms with van der Waals surface area (Å²) in [4.78, 5) is 25.7. The van der Waals surface area contributed by atoms with Crippen LogP contribution in [0.5, 0.6) is 0 Å². The molecule has 1 aromatic carbocycles. The molecule has 0 radical (unpaired) electrons. The van der Waals surface area contributed by atoms with Crippen LogP contribution in [-0.2, 0) is 4.79 Å². The number of rotatable bonds is 5. The van der Waals surface area contributed by atoms with Gasteiger partial charge in [0.2, 0.25) is 0 Å². The van der Waals surface area contributed by atoms with Gasteiger partial charge in [-0.05, 0) is 24.3 Å². The Kier molecular flexibility index (Phi) is 5.03. The Labute approximate surface area is 123 Å². The molecule has 1 fully saturated rings. The zero-order valence-electron chi connectivity index (χ0n) is 12.0. The van der Waals surface area contributed by atoms with Crippen LogP contribution in [0.2, 0.25) is 0 Å². The fraction of sp³-hybridized carbons (Fsp3) is 0.467. The largest absolute Gasteiger partial charge is 0.544 e. The van der Waals surface area contributed by atoms with Crippen LogP contribution < -0.4 is 14.9 Å². The van der Waals surface area contributed by atoms with Crippen LogP contribution in [-0.4, -0.2) is 51.0 Å². The van der Waals surface area contributed by atoms with Crippen molar-refractivity contribution in [3.63, 3.8) is 0 Å². The molecule has 0 saturated carbocycles. The van der Waals surface area contributed by atoms with Crippen molar-refractivity contribution in [2.45, 2.75) is 12.5 Å². The summed E-state index contributed by atoms with van der Waals surface area (Å²) in [6.45, 7) is 3.18. The van der Waals surface area contributed by atoms with E-state index in [4.69, 9.17) is 0 Å². The summed E-state index contributed by atoms with van der Waals surface area (Å²) in [6.07, 6.45) is -0.109. The highest BCUT2D eigenvalue weighted by Gasteiger charge is 2.30. The van der Waals surface area contributed by atoms with Crippen molar-refractivity contribution < 1.29 is 28.9 Å². The number of carboxylic acid groups (broad SMARTS) is 1. The number of carbonyl (C=O) groups is 2. The second-order valence-electron chi connectivity index (χ2n) is 5.62. The predicted octanol–water partition coefficient (Wildman–Crippen LogP) is -3.07. The maximum atomic E-state index is 12.8. The Hall–Kier alpha value is -1.79. The lowest BCUT2D eigenvalue weighted by atomic mass is 10.0.